The second-order valence-electron chi connectivity index (χ2n) is 8.63. The van der Waals surface area contributed by atoms with Crippen LogP contribution in [0, 0.1) is 5.82 Å². The molecule has 0 N–H and O–H groups in total. The smallest absolute Gasteiger partial charge is 0.161 e. The normalized spacial score (nSPS) is 22.2. The fraction of sp³-hybridized carbons (Fsp3) is 0.346. The first-order chi connectivity index (χ1) is 15.2. The minimum absolute atomic E-state index is 0.156. The van der Waals surface area contributed by atoms with Gasteiger partial charge in [0.1, 0.15) is 5.82 Å². The van der Waals surface area contributed by atoms with Crippen molar-refractivity contribution in [3.05, 3.63) is 76.3 Å². The molecule has 2 aromatic rings. The van der Waals surface area contributed by atoms with Gasteiger partial charge in [0, 0.05) is 47.8 Å². The molecule has 1 aliphatic carbocycles. The van der Waals surface area contributed by atoms with Crippen LogP contribution in [0.1, 0.15) is 48.3 Å². The van der Waals surface area contributed by atoms with Crippen LogP contribution in [0.4, 0.5) is 4.39 Å². The van der Waals surface area contributed by atoms with E-state index in [9.17, 15) is 9.18 Å². The van der Waals surface area contributed by atoms with Crippen molar-refractivity contribution < 1.29 is 18.7 Å². The van der Waals surface area contributed by atoms with Gasteiger partial charge in [-0.2, -0.15) is 0 Å². The molecule has 0 saturated heterocycles. The Morgan fingerprint density at radius 2 is 1.71 bits per heavy atom. The first-order valence-corrected chi connectivity index (χ1v) is 11.1. The number of halogens is 1. The molecule has 0 radical (unpaired) electrons. The van der Waals surface area contributed by atoms with Crippen LogP contribution in [0.25, 0.3) is 5.70 Å². The van der Waals surface area contributed by atoms with Crippen LogP contribution in [0.15, 0.2) is 53.7 Å². The quantitative estimate of drug-likeness (QED) is 0.655. The van der Waals surface area contributed by atoms with Gasteiger partial charge >= 0.3 is 0 Å². The SMILES string of the molecule is O=C1CCCC2=C1[C@@H](c1ccc(F)cc1)C=C1c3cc4c(cc3CCN12)OCCCO4. The summed E-state index contributed by atoms with van der Waals surface area (Å²) < 4.78 is 25.5. The number of rotatable bonds is 1. The third-order valence-electron chi connectivity index (χ3n) is 6.76. The Bertz CT molecular complexity index is 1130. The molecule has 6 rings (SSSR count). The van der Waals surface area contributed by atoms with E-state index < -0.39 is 0 Å². The van der Waals surface area contributed by atoms with Crippen molar-refractivity contribution in [3.63, 3.8) is 0 Å². The van der Waals surface area contributed by atoms with Gasteiger partial charge < -0.3 is 14.4 Å². The molecular formula is C26H24FNO3. The maximum atomic E-state index is 13.6. The van der Waals surface area contributed by atoms with Gasteiger partial charge in [0.2, 0.25) is 0 Å². The summed E-state index contributed by atoms with van der Waals surface area (Å²) in [5.41, 5.74) is 6.50. The largest absolute Gasteiger partial charge is 0.490 e. The van der Waals surface area contributed by atoms with Crippen LogP contribution < -0.4 is 9.47 Å². The number of carbonyl (C=O) groups is 1. The lowest BCUT2D eigenvalue weighted by Crippen LogP contribution is -2.36. The highest BCUT2D eigenvalue weighted by Crippen LogP contribution is 2.48. The van der Waals surface area contributed by atoms with Crippen molar-refractivity contribution in [1.82, 2.24) is 4.90 Å². The molecular weight excluding hydrogens is 393 g/mol. The molecule has 1 atom stereocenters. The molecule has 0 unspecified atom stereocenters. The number of carbonyl (C=O) groups excluding carboxylic acids is 1. The Labute approximate surface area is 181 Å². The Balaban J connectivity index is 1.51. The van der Waals surface area contributed by atoms with Crippen molar-refractivity contribution in [3.8, 4) is 11.5 Å². The zero-order chi connectivity index (χ0) is 20.9. The topological polar surface area (TPSA) is 38.8 Å². The van der Waals surface area contributed by atoms with Gasteiger partial charge in [0.25, 0.3) is 0 Å². The molecule has 0 bridgehead atoms. The molecule has 4 aliphatic rings. The van der Waals surface area contributed by atoms with E-state index in [0.717, 1.165) is 71.8 Å². The lowest BCUT2D eigenvalue weighted by Gasteiger charge is -2.42. The molecule has 3 heterocycles. The molecule has 0 spiro atoms. The molecule has 31 heavy (non-hydrogen) atoms. The Kier molecular flexibility index (Phi) is 4.37. The van der Waals surface area contributed by atoms with Crippen LogP contribution in [0.2, 0.25) is 0 Å². The molecule has 2 aromatic carbocycles. The number of allylic oxidation sites excluding steroid dienone is 3. The average Bonchev–Trinajstić information content (AvgIpc) is 3.02. The highest BCUT2D eigenvalue weighted by Gasteiger charge is 2.38. The molecule has 3 aliphatic heterocycles. The predicted molar refractivity (Wildman–Crippen MR) is 115 cm³/mol. The molecule has 0 aromatic heterocycles. The van der Waals surface area contributed by atoms with Crippen LogP contribution in [-0.2, 0) is 11.2 Å². The number of ketones is 1. The van der Waals surface area contributed by atoms with Gasteiger partial charge in [0.05, 0.1) is 13.2 Å². The van der Waals surface area contributed by atoms with Crippen molar-refractivity contribution in [2.45, 2.75) is 38.0 Å². The van der Waals surface area contributed by atoms with Crippen molar-refractivity contribution in [2.24, 2.45) is 0 Å². The third kappa shape index (κ3) is 3.06. The van der Waals surface area contributed by atoms with Gasteiger partial charge in [-0.25, -0.2) is 4.39 Å². The summed E-state index contributed by atoms with van der Waals surface area (Å²) >= 11 is 0. The number of fused-ring (bicyclic) bond motifs is 5. The van der Waals surface area contributed by atoms with Gasteiger partial charge in [0.15, 0.2) is 17.3 Å². The van der Waals surface area contributed by atoms with Gasteiger partial charge in [-0.05, 0) is 60.7 Å². The molecule has 0 amide bonds. The van der Waals surface area contributed by atoms with Crippen molar-refractivity contribution in [1.29, 1.82) is 0 Å². The lowest BCUT2D eigenvalue weighted by atomic mass is 9.77. The molecule has 0 saturated carbocycles. The van der Waals surface area contributed by atoms with Crippen LogP contribution in [-0.4, -0.2) is 30.4 Å². The monoisotopic (exact) mass is 417 g/mol. The van der Waals surface area contributed by atoms with E-state index in [-0.39, 0.29) is 17.5 Å². The number of Topliss-reactive ketones (excluding diaryl/α,β-unsaturated/α-hetero) is 1. The molecule has 5 heteroatoms. The van der Waals surface area contributed by atoms with Gasteiger partial charge in [-0.1, -0.05) is 12.1 Å². The van der Waals surface area contributed by atoms with E-state index in [1.807, 2.05) is 0 Å². The number of benzene rings is 2. The summed E-state index contributed by atoms with van der Waals surface area (Å²) in [6.45, 7) is 2.17. The highest BCUT2D eigenvalue weighted by atomic mass is 19.1. The summed E-state index contributed by atoms with van der Waals surface area (Å²) in [5.74, 6) is 1.41. The number of hydrogen-bond acceptors (Lipinski definition) is 4. The fourth-order valence-electron chi connectivity index (χ4n) is 5.31. The predicted octanol–water partition coefficient (Wildman–Crippen LogP) is 4.99. The number of ether oxygens (including phenoxy) is 2. The molecule has 4 nitrogen and oxygen atoms in total. The van der Waals surface area contributed by atoms with E-state index in [1.54, 1.807) is 12.1 Å². The first kappa shape index (κ1) is 18.7. The summed E-state index contributed by atoms with van der Waals surface area (Å²) in [6.07, 6.45) is 6.33. The summed E-state index contributed by atoms with van der Waals surface area (Å²) in [5, 5.41) is 0. The van der Waals surface area contributed by atoms with Gasteiger partial charge in [-0.3, -0.25) is 4.79 Å². The van der Waals surface area contributed by atoms with E-state index in [4.69, 9.17) is 9.47 Å². The maximum Gasteiger partial charge on any atom is 0.161 e. The molecule has 0 fully saturated rings. The number of hydrogen-bond donors (Lipinski definition) is 0. The van der Waals surface area contributed by atoms with Gasteiger partial charge in [-0.15, -0.1) is 0 Å². The third-order valence-corrected chi connectivity index (χ3v) is 6.76. The van der Waals surface area contributed by atoms with Crippen LogP contribution >= 0.6 is 0 Å². The van der Waals surface area contributed by atoms with E-state index in [0.29, 0.717) is 19.6 Å². The maximum absolute atomic E-state index is 13.6. The minimum Gasteiger partial charge on any atom is -0.490 e. The Morgan fingerprint density at radius 1 is 0.935 bits per heavy atom. The first-order valence-electron chi connectivity index (χ1n) is 11.1. The lowest BCUT2D eigenvalue weighted by molar-refractivity contribution is -0.116. The Morgan fingerprint density at radius 3 is 2.52 bits per heavy atom. The van der Waals surface area contributed by atoms with E-state index in [1.165, 1.54) is 17.7 Å². The second kappa shape index (κ2) is 7.26. The summed E-state index contributed by atoms with van der Waals surface area (Å²) in [4.78, 5) is 15.3. The standard InChI is InChI=1S/C26H24FNO3/c27-18-7-5-16(6-8-18)20-14-22-19-15-25-24(30-11-2-12-31-25)13-17(19)9-10-28(22)21-3-1-4-23(29)26(20)21/h5-8,13-15,20H,1-4,9-12H2/t20-/m1/s1. The second-order valence-corrected chi connectivity index (χ2v) is 8.63. The zero-order valence-corrected chi connectivity index (χ0v) is 17.3. The number of nitrogens with zero attached hydrogens (tertiary/aromatic N) is 1. The summed E-state index contributed by atoms with van der Waals surface area (Å²) in [6, 6.07) is 10.8. The van der Waals surface area contributed by atoms with Crippen molar-refractivity contribution >= 4 is 11.5 Å². The highest BCUT2D eigenvalue weighted by molar-refractivity contribution is 6.00. The van der Waals surface area contributed by atoms with Crippen LogP contribution in [0.5, 0.6) is 11.5 Å². The Hall–Kier alpha value is -3.08. The van der Waals surface area contributed by atoms with E-state index in [2.05, 4.69) is 23.1 Å². The zero-order valence-electron chi connectivity index (χ0n) is 17.3. The van der Waals surface area contributed by atoms with Crippen molar-refractivity contribution in [2.75, 3.05) is 19.8 Å². The molecule has 158 valence electrons. The van der Waals surface area contributed by atoms with Crippen LogP contribution in [0.3, 0.4) is 0 Å². The fourth-order valence-corrected chi connectivity index (χ4v) is 5.31. The average molecular weight is 417 g/mol. The summed E-state index contributed by atoms with van der Waals surface area (Å²) in [7, 11) is 0. The van der Waals surface area contributed by atoms with E-state index >= 15 is 0 Å². The minimum atomic E-state index is -0.263.